The molecule has 6 nitrogen and oxygen atoms in total. The molecule has 27 heavy (non-hydrogen) atoms. The third kappa shape index (κ3) is 2.02. The molecule has 1 aliphatic carbocycles. The molecule has 2 aliphatic rings. The fourth-order valence-electron chi connectivity index (χ4n) is 4.88. The summed E-state index contributed by atoms with van der Waals surface area (Å²) < 4.78 is 18.1. The number of hydrogen-bond acceptors (Lipinski definition) is 3. The molecule has 1 aromatic carbocycles. The van der Waals surface area contributed by atoms with Crippen molar-refractivity contribution in [3.8, 4) is 11.4 Å². The van der Waals surface area contributed by atoms with Crippen molar-refractivity contribution in [3.63, 3.8) is 0 Å². The van der Waals surface area contributed by atoms with E-state index in [4.69, 9.17) is 0 Å². The number of hydrogen-bond donors (Lipinski definition) is 1. The van der Waals surface area contributed by atoms with E-state index in [2.05, 4.69) is 18.9 Å². The minimum absolute atomic E-state index is 0.0153. The van der Waals surface area contributed by atoms with E-state index in [0.29, 0.717) is 16.8 Å². The number of pyridine rings is 1. The van der Waals surface area contributed by atoms with Crippen LogP contribution < -0.4 is 5.43 Å². The summed E-state index contributed by atoms with van der Waals surface area (Å²) in [6.07, 6.45) is 3.23. The number of rotatable bonds is 1. The summed E-state index contributed by atoms with van der Waals surface area (Å²) >= 11 is 0. The molecule has 5 rings (SSSR count). The van der Waals surface area contributed by atoms with Crippen LogP contribution in [0.3, 0.4) is 0 Å². The Morgan fingerprint density at radius 3 is 2.89 bits per heavy atom. The van der Waals surface area contributed by atoms with Gasteiger partial charge in [0.2, 0.25) is 0 Å². The third-order valence-corrected chi connectivity index (χ3v) is 6.09. The molecule has 1 N–H and O–H groups in total. The van der Waals surface area contributed by atoms with Gasteiger partial charge in [0.05, 0.1) is 23.5 Å². The molecule has 138 valence electrons. The Morgan fingerprint density at radius 2 is 2.15 bits per heavy atom. The normalized spacial score (nSPS) is 22.3. The first-order valence-electron chi connectivity index (χ1n) is 8.96. The van der Waals surface area contributed by atoms with Crippen LogP contribution in [0.4, 0.5) is 4.39 Å². The number of nitrogens with zero attached hydrogens (tertiary/aromatic N) is 3. The number of benzene rings is 1. The van der Waals surface area contributed by atoms with E-state index < -0.39 is 17.2 Å². The lowest BCUT2D eigenvalue weighted by atomic mass is 9.84. The van der Waals surface area contributed by atoms with Gasteiger partial charge in [0.15, 0.2) is 11.2 Å². The molecule has 2 atom stereocenters. The van der Waals surface area contributed by atoms with E-state index in [0.717, 1.165) is 12.8 Å². The predicted octanol–water partition coefficient (Wildman–Crippen LogP) is 3.62. The predicted molar refractivity (Wildman–Crippen MR) is 97.4 cm³/mol. The van der Waals surface area contributed by atoms with Crippen molar-refractivity contribution in [2.75, 3.05) is 0 Å². The van der Waals surface area contributed by atoms with Crippen LogP contribution in [0.5, 0.6) is 0 Å². The topological polar surface area (TPSA) is 77.1 Å². The zero-order valence-corrected chi connectivity index (χ0v) is 14.9. The Kier molecular flexibility index (Phi) is 3.04. The van der Waals surface area contributed by atoms with E-state index in [1.54, 1.807) is 12.1 Å². The van der Waals surface area contributed by atoms with Gasteiger partial charge in [0.25, 0.3) is 0 Å². The first-order valence-corrected chi connectivity index (χ1v) is 8.96. The molecule has 2 aromatic heterocycles. The Labute approximate surface area is 153 Å². The van der Waals surface area contributed by atoms with Gasteiger partial charge in [-0.25, -0.2) is 9.18 Å². The minimum Gasteiger partial charge on any atom is -0.477 e. The van der Waals surface area contributed by atoms with E-state index in [9.17, 15) is 19.1 Å². The van der Waals surface area contributed by atoms with Gasteiger partial charge in [-0.2, -0.15) is 5.10 Å². The van der Waals surface area contributed by atoms with Crippen LogP contribution >= 0.6 is 0 Å². The molecule has 0 amide bonds. The van der Waals surface area contributed by atoms with Gasteiger partial charge in [0, 0.05) is 17.6 Å². The summed E-state index contributed by atoms with van der Waals surface area (Å²) in [5.74, 6) is -1.64. The number of aromatic carboxylic acids is 1. The van der Waals surface area contributed by atoms with Crippen LogP contribution in [0.15, 0.2) is 35.3 Å². The van der Waals surface area contributed by atoms with Crippen molar-refractivity contribution in [2.45, 2.75) is 38.8 Å². The van der Waals surface area contributed by atoms with Gasteiger partial charge in [-0.05, 0) is 24.3 Å². The maximum atomic E-state index is 14.4. The quantitative estimate of drug-likeness (QED) is 0.713. The summed E-state index contributed by atoms with van der Waals surface area (Å²) in [5, 5.41) is 14.6. The van der Waals surface area contributed by atoms with Crippen LogP contribution in [0.2, 0.25) is 0 Å². The van der Waals surface area contributed by atoms with Gasteiger partial charge < -0.3 is 9.67 Å². The average Bonchev–Trinajstić information content (AvgIpc) is 3.13. The lowest BCUT2D eigenvalue weighted by Gasteiger charge is -2.39. The highest BCUT2D eigenvalue weighted by Gasteiger charge is 2.48. The minimum atomic E-state index is -1.24. The van der Waals surface area contributed by atoms with Gasteiger partial charge in [0.1, 0.15) is 11.1 Å². The fraction of sp³-hybridized carbons (Fsp3) is 0.350. The molecule has 3 heterocycles. The maximum absolute atomic E-state index is 14.4. The van der Waals surface area contributed by atoms with E-state index in [-0.39, 0.29) is 28.6 Å². The summed E-state index contributed by atoms with van der Waals surface area (Å²) in [4.78, 5) is 24.0. The highest BCUT2D eigenvalue weighted by molar-refractivity contribution is 5.94. The number of halogens is 1. The van der Waals surface area contributed by atoms with Crippen LogP contribution in [0.1, 0.15) is 49.1 Å². The second-order valence-electron chi connectivity index (χ2n) is 8.12. The summed E-state index contributed by atoms with van der Waals surface area (Å²) in [5.41, 5.74) is 0.633. The molecule has 1 saturated carbocycles. The van der Waals surface area contributed by atoms with Gasteiger partial charge >= 0.3 is 5.97 Å². The van der Waals surface area contributed by atoms with E-state index in [1.807, 2.05) is 9.25 Å². The maximum Gasteiger partial charge on any atom is 0.341 e. The average molecular weight is 367 g/mol. The molecule has 3 aromatic rings. The largest absolute Gasteiger partial charge is 0.477 e. The molecule has 2 unspecified atom stereocenters. The van der Waals surface area contributed by atoms with Gasteiger partial charge in [-0.15, -0.1) is 0 Å². The molecule has 0 bridgehead atoms. The molecular weight excluding hydrogens is 349 g/mol. The first kappa shape index (κ1) is 16.2. The molecule has 0 spiro atoms. The number of carboxylic acid groups (broad SMARTS) is 1. The SMILES string of the molecule is CC1(C)CCC2C1n1cc(C(=O)O)c(=O)cc1-c1c3cccc(F)c3nn12. The number of aromatic nitrogens is 3. The van der Waals surface area contributed by atoms with Crippen molar-refractivity contribution < 1.29 is 14.3 Å². The third-order valence-electron chi connectivity index (χ3n) is 6.09. The zero-order valence-electron chi connectivity index (χ0n) is 14.9. The molecule has 7 heteroatoms. The van der Waals surface area contributed by atoms with Crippen molar-refractivity contribution in [1.82, 2.24) is 14.3 Å². The zero-order chi connectivity index (χ0) is 19.1. The monoisotopic (exact) mass is 367 g/mol. The molecule has 1 fully saturated rings. The Morgan fingerprint density at radius 1 is 1.37 bits per heavy atom. The van der Waals surface area contributed by atoms with Crippen LogP contribution in [0, 0.1) is 11.2 Å². The standard InChI is InChI=1S/C20H18FN3O3/c1-20(2)7-6-13-18(20)23-9-11(19(26)27)15(25)8-14(23)17-10-4-3-5-12(21)16(10)22-24(13)17/h3-5,8-9,13,18H,6-7H2,1-2H3,(H,26,27). The highest BCUT2D eigenvalue weighted by atomic mass is 19.1. The van der Waals surface area contributed by atoms with Gasteiger partial charge in [-0.1, -0.05) is 26.0 Å². The van der Waals surface area contributed by atoms with Gasteiger partial charge in [-0.3, -0.25) is 9.48 Å². The summed E-state index contributed by atoms with van der Waals surface area (Å²) in [6.45, 7) is 4.27. The second kappa shape index (κ2) is 5.06. The number of carbonyl (C=O) groups is 1. The summed E-state index contributed by atoms with van der Waals surface area (Å²) in [7, 11) is 0. The fourth-order valence-corrected chi connectivity index (χ4v) is 4.88. The molecule has 1 aliphatic heterocycles. The van der Waals surface area contributed by atoms with Crippen LogP contribution in [-0.4, -0.2) is 25.4 Å². The lowest BCUT2D eigenvalue weighted by molar-refractivity contribution is 0.0693. The van der Waals surface area contributed by atoms with Crippen molar-refractivity contribution in [3.05, 3.63) is 52.1 Å². The summed E-state index contributed by atoms with van der Waals surface area (Å²) in [6, 6.07) is 6.06. The highest BCUT2D eigenvalue weighted by Crippen LogP contribution is 2.56. The van der Waals surface area contributed by atoms with Crippen molar-refractivity contribution in [2.24, 2.45) is 5.41 Å². The first-order chi connectivity index (χ1) is 12.8. The number of carboxylic acids is 1. The van der Waals surface area contributed by atoms with Crippen molar-refractivity contribution in [1.29, 1.82) is 0 Å². The molecule has 0 saturated heterocycles. The smallest absolute Gasteiger partial charge is 0.341 e. The van der Waals surface area contributed by atoms with E-state index in [1.165, 1.54) is 18.3 Å². The second-order valence-corrected chi connectivity index (χ2v) is 8.12. The lowest BCUT2D eigenvalue weighted by Crippen LogP contribution is -2.35. The van der Waals surface area contributed by atoms with Crippen LogP contribution in [-0.2, 0) is 0 Å². The van der Waals surface area contributed by atoms with Crippen molar-refractivity contribution >= 4 is 16.9 Å². The van der Waals surface area contributed by atoms with Crippen LogP contribution in [0.25, 0.3) is 22.3 Å². The Hall–Kier alpha value is -2.96. The molecular formula is C20H18FN3O3. The molecule has 0 radical (unpaired) electrons. The Balaban J connectivity index is 1.93. The van der Waals surface area contributed by atoms with E-state index >= 15 is 0 Å². The Bertz CT molecular complexity index is 1190. The number of fused-ring (bicyclic) bond motifs is 8.